The van der Waals surface area contributed by atoms with E-state index in [-0.39, 0.29) is 11.9 Å². The summed E-state index contributed by atoms with van der Waals surface area (Å²) in [5, 5.41) is 3.62. The number of likely N-dealkylation sites (tertiary alicyclic amines) is 1. The van der Waals surface area contributed by atoms with Gasteiger partial charge in [-0.3, -0.25) is 4.79 Å². The van der Waals surface area contributed by atoms with Crippen LogP contribution in [0.15, 0.2) is 18.2 Å². The van der Waals surface area contributed by atoms with Gasteiger partial charge >= 0.3 is 6.03 Å². The number of amides is 3. The van der Waals surface area contributed by atoms with E-state index in [4.69, 9.17) is 23.2 Å². The number of rotatable bonds is 4. The van der Waals surface area contributed by atoms with Crippen molar-refractivity contribution in [2.75, 3.05) is 32.0 Å². The second-order valence-corrected chi connectivity index (χ2v) is 5.80. The fourth-order valence-electron chi connectivity index (χ4n) is 2.11. The molecule has 1 heterocycles. The van der Waals surface area contributed by atoms with Crippen molar-refractivity contribution in [1.82, 2.24) is 9.80 Å². The van der Waals surface area contributed by atoms with E-state index in [1.54, 1.807) is 30.1 Å². The Hall–Kier alpha value is -1.46. The largest absolute Gasteiger partial charge is 0.341 e. The van der Waals surface area contributed by atoms with E-state index < -0.39 is 0 Å². The Kier molecular flexibility index (Phi) is 5.31. The molecule has 0 saturated carbocycles. The maximum Gasteiger partial charge on any atom is 0.321 e. The smallest absolute Gasteiger partial charge is 0.321 e. The van der Waals surface area contributed by atoms with Gasteiger partial charge in [-0.15, -0.1) is 0 Å². The summed E-state index contributed by atoms with van der Waals surface area (Å²) in [6.45, 7) is 1.80. The molecule has 2 rings (SSSR count). The minimum Gasteiger partial charge on any atom is -0.341 e. The van der Waals surface area contributed by atoms with Crippen molar-refractivity contribution in [3.8, 4) is 0 Å². The molecule has 5 nitrogen and oxygen atoms in total. The molecule has 1 N–H and O–H groups in total. The molecule has 1 aliphatic rings. The van der Waals surface area contributed by atoms with Gasteiger partial charge in [0, 0.05) is 38.1 Å². The highest BCUT2D eigenvalue weighted by Crippen LogP contribution is 2.25. The number of urea groups is 1. The van der Waals surface area contributed by atoms with Crippen molar-refractivity contribution < 1.29 is 9.59 Å². The Morgan fingerprint density at radius 2 is 2.19 bits per heavy atom. The van der Waals surface area contributed by atoms with Crippen molar-refractivity contribution in [2.45, 2.75) is 12.8 Å². The average Bonchev–Trinajstić information content (AvgIpc) is 2.84. The average molecular weight is 330 g/mol. The van der Waals surface area contributed by atoms with E-state index in [0.717, 1.165) is 13.0 Å². The van der Waals surface area contributed by atoms with Gasteiger partial charge < -0.3 is 15.1 Å². The predicted molar refractivity (Wildman–Crippen MR) is 83.9 cm³/mol. The molecular weight excluding hydrogens is 313 g/mol. The molecule has 3 amide bonds. The molecule has 21 heavy (non-hydrogen) atoms. The third kappa shape index (κ3) is 4.25. The van der Waals surface area contributed by atoms with Gasteiger partial charge in [0.25, 0.3) is 0 Å². The van der Waals surface area contributed by atoms with E-state index >= 15 is 0 Å². The Bertz CT molecular complexity index is 551. The SMILES string of the molecule is CN(CCN1CCCC1=O)C(=O)Nc1ccc(Cl)cc1Cl. The number of nitrogens with one attached hydrogen (secondary N) is 1. The monoisotopic (exact) mass is 329 g/mol. The van der Waals surface area contributed by atoms with E-state index in [0.29, 0.717) is 35.2 Å². The maximum absolute atomic E-state index is 12.1. The first kappa shape index (κ1) is 15.9. The molecular formula is C14H17Cl2N3O2. The van der Waals surface area contributed by atoms with Crippen LogP contribution in [-0.4, -0.2) is 48.4 Å². The molecule has 0 atom stereocenters. The topological polar surface area (TPSA) is 52.7 Å². The van der Waals surface area contributed by atoms with Crippen molar-refractivity contribution in [1.29, 1.82) is 0 Å². The number of benzene rings is 1. The van der Waals surface area contributed by atoms with Crippen LogP contribution >= 0.6 is 23.2 Å². The lowest BCUT2D eigenvalue weighted by atomic mass is 10.3. The Balaban J connectivity index is 1.86. The van der Waals surface area contributed by atoms with Crippen LogP contribution in [0, 0.1) is 0 Å². The summed E-state index contributed by atoms with van der Waals surface area (Å²) in [7, 11) is 1.68. The van der Waals surface area contributed by atoms with E-state index in [9.17, 15) is 9.59 Å². The number of nitrogens with zero attached hydrogens (tertiary/aromatic N) is 2. The lowest BCUT2D eigenvalue weighted by molar-refractivity contribution is -0.127. The fourth-order valence-corrected chi connectivity index (χ4v) is 2.57. The third-order valence-electron chi connectivity index (χ3n) is 3.40. The molecule has 0 radical (unpaired) electrons. The van der Waals surface area contributed by atoms with Gasteiger partial charge in [-0.05, 0) is 24.6 Å². The summed E-state index contributed by atoms with van der Waals surface area (Å²) in [4.78, 5) is 26.9. The van der Waals surface area contributed by atoms with Crippen LogP contribution in [0.3, 0.4) is 0 Å². The van der Waals surface area contributed by atoms with Gasteiger partial charge in [-0.25, -0.2) is 4.79 Å². The number of carbonyl (C=O) groups excluding carboxylic acids is 2. The van der Waals surface area contributed by atoms with Crippen molar-refractivity contribution in [2.24, 2.45) is 0 Å². The van der Waals surface area contributed by atoms with Crippen LogP contribution in [0.4, 0.5) is 10.5 Å². The van der Waals surface area contributed by atoms with Crippen LogP contribution in [0.25, 0.3) is 0 Å². The molecule has 0 aromatic heterocycles. The van der Waals surface area contributed by atoms with Crippen LogP contribution < -0.4 is 5.32 Å². The molecule has 1 aromatic carbocycles. The zero-order valence-corrected chi connectivity index (χ0v) is 13.2. The standard InChI is InChI=1S/C14H17Cl2N3O2/c1-18(7-8-19-6-2-3-13(19)20)14(21)17-12-5-4-10(15)9-11(12)16/h4-5,9H,2-3,6-8H2,1H3,(H,17,21). The highest BCUT2D eigenvalue weighted by Gasteiger charge is 2.20. The van der Waals surface area contributed by atoms with E-state index in [2.05, 4.69) is 5.32 Å². The number of anilines is 1. The Morgan fingerprint density at radius 3 is 2.81 bits per heavy atom. The summed E-state index contributed by atoms with van der Waals surface area (Å²) >= 11 is 11.8. The molecule has 7 heteroatoms. The molecule has 0 spiro atoms. The molecule has 0 unspecified atom stereocenters. The second kappa shape index (κ2) is 7.00. The van der Waals surface area contributed by atoms with Crippen LogP contribution in [0.2, 0.25) is 10.0 Å². The summed E-state index contributed by atoms with van der Waals surface area (Å²) < 4.78 is 0. The first-order valence-electron chi connectivity index (χ1n) is 6.72. The second-order valence-electron chi connectivity index (χ2n) is 4.96. The van der Waals surface area contributed by atoms with Crippen molar-refractivity contribution in [3.05, 3.63) is 28.2 Å². The summed E-state index contributed by atoms with van der Waals surface area (Å²) in [6.07, 6.45) is 1.51. The quantitative estimate of drug-likeness (QED) is 0.922. The summed E-state index contributed by atoms with van der Waals surface area (Å²) in [5.74, 6) is 0.157. The van der Waals surface area contributed by atoms with Gasteiger partial charge in [0.2, 0.25) is 5.91 Å². The predicted octanol–water partition coefficient (Wildman–Crippen LogP) is 3.08. The molecule has 1 saturated heterocycles. The van der Waals surface area contributed by atoms with Crippen molar-refractivity contribution in [3.63, 3.8) is 0 Å². The molecule has 1 aliphatic heterocycles. The van der Waals surface area contributed by atoms with Gasteiger partial charge in [-0.1, -0.05) is 23.2 Å². The first-order chi connectivity index (χ1) is 9.97. The zero-order valence-electron chi connectivity index (χ0n) is 11.7. The number of hydrogen-bond donors (Lipinski definition) is 1. The van der Waals surface area contributed by atoms with Crippen LogP contribution in [-0.2, 0) is 4.79 Å². The maximum atomic E-state index is 12.1. The van der Waals surface area contributed by atoms with Crippen LogP contribution in [0.5, 0.6) is 0 Å². The normalized spacial score (nSPS) is 14.4. The summed E-state index contributed by atoms with van der Waals surface area (Å²) in [6, 6.07) is 4.61. The van der Waals surface area contributed by atoms with Crippen molar-refractivity contribution >= 4 is 40.8 Å². The minimum atomic E-state index is -0.272. The Morgan fingerprint density at radius 1 is 1.43 bits per heavy atom. The fraction of sp³-hybridized carbons (Fsp3) is 0.429. The third-order valence-corrected chi connectivity index (χ3v) is 3.94. The van der Waals surface area contributed by atoms with Gasteiger partial charge in [0.15, 0.2) is 0 Å². The molecule has 0 bridgehead atoms. The lowest BCUT2D eigenvalue weighted by Crippen LogP contribution is -2.38. The molecule has 0 aliphatic carbocycles. The number of likely N-dealkylation sites (N-methyl/N-ethyl adjacent to an activating group) is 1. The molecule has 1 fully saturated rings. The number of carbonyl (C=O) groups is 2. The minimum absolute atomic E-state index is 0.157. The number of halogens is 2. The first-order valence-corrected chi connectivity index (χ1v) is 7.48. The summed E-state index contributed by atoms with van der Waals surface area (Å²) in [5.41, 5.74) is 0.509. The zero-order chi connectivity index (χ0) is 15.4. The molecule has 1 aromatic rings. The van der Waals surface area contributed by atoms with Crippen LogP contribution in [0.1, 0.15) is 12.8 Å². The van der Waals surface area contributed by atoms with E-state index in [1.165, 1.54) is 4.90 Å². The Labute approximate surface area is 133 Å². The van der Waals surface area contributed by atoms with Gasteiger partial charge in [0.1, 0.15) is 0 Å². The highest BCUT2D eigenvalue weighted by atomic mass is 35.5. The lowest BCUT2D eigenvalue weighted by Gasteiger charge is -2.22. The van der Waals surface area contributed by atoms with E-state index in [1.807, 2.05) is 0 Å². The highest BCUT2D eigenvalue weighted by molar-refractivity contribution is 6.36. The number of hydrogen-bond acceptors (Lipinski definition) is 2. The van der Waals surface area contributed by atoms with Gasteiger partial charge in [0.05, 0.1) is 10.7 Å². The molecule has 114 valence electrons. The van der Waals surface area contributed by atoms with Gasteiger partial charge in [-0.2, -0.15) is 0 Å².